The largest absolute Gasteiger partial charge is 0.383 e. The van der Waals surface area contributed by atoms with Gasteiger partial charge in [0.05, 0.1) is 0 Å². The van der Waals surface area contributed by atoms with Crippen LogP contribution in [0.15, 0.2) is 23.2 Å². The third-order valence-corrected chi connectivity index (χ3v) is 3.52. The van der Waals surface area contributed by atoms with Crippen molar-refractivity contribution in [1.29, 1.82) is 0 Å². The van der Waals surface area contributed by atoms with E-state index in [0.717, 1.165) is 0 Å². The predicted molar refractivity (Wildman–Crippen MR) is 62.5 cm³/mol. The number of hydrogen-bond donors (Lipinski definition) is 3. The minimum atomic E-state index is -3.71. The van der Waals surface area contributed by atoms with Gasteiger partial charge >= 0.3 is 0 Å². The normalized spacial score (nSPS) is 11.1. The Morgan fingerprint density at radius 2 is 2.24 bits per heavy atom. The number of carbonyl (C=O) groups excluding carboxylic acids is 1. The Balaban J connectivity index is 2.70. The van der Waals surface area contributed by atoms with E-state index in [1.54, 1.807) is 0 Å². The van der Waals surface area contributed by atoms with Crippen molar-refractivity contribution in [3.63, 3.8) is 0 Å². The number of anilines is 1. The fraction of sp³-hybridized carbons (Fsp3) is 0.333. The molecular formula is C9H14N4O3S. The number of nitrogens with one attached hydrogen (secondary N) is 2. The monoisotopic (exact) mass is 258 g/mol. The number of pyridine rings is 1. The van der Waals surface area contributed by atoms with Gasteiger partial charge in [0.15, 0.2) is 0 Å². The topological polar surface area (TPSA) is 114 Å². The first kappa shape index (κ1) is 13.4. The van der Waals surface area contributed by atoms with Crippen molar-refractivity contribution in [1.82, 2.24) is 15.0 Å². The summed E-state index contributed by atoms with van der Waals surface area (Å²) in [6, 6.07) is 2.83. The molecule has 0 radical (unpaired) electrons. The van der Waals surface area contributed by atoms with Crippen LogP contribution in [0.4, 0.5) is 5.82 Å². The molecule has 0 unspecified atom stereocenters. The summed E-state index contributed by atoms with van der Waals surface area (Å²) in [5.74, 6) is -0.313. The van der Waals surface area contributed by atoms with Gasteiger partial charge in [0.2, 0.25) is 15.9 Å². The summed E-state index contributed by atoms with van der Waals surface area (Å²) in [6.07, 6.45) is 1.47. The average Bonchev–Trinajstić information content (AvgIpc) is 2.28. The molecule has 1 aromatic heterocycles. The molecule has 94 valence electrons. The van der Waals surface area contributed by atoms with Crippen LogP contribution in [0.25, 0.3) is 0 Å². The molecule has 0 atom stereocenters. The number of carbonyl (C=O) groups is 1. The van der Waals surface area contributed by atoms with Crippen molar-refractivity contribution in [2.24, 2.45) is 0 Å². The van der Waals surface area contributed by atoms with E-state index in [0.29, 0.717) is 0 Å². The smallest absolute Gasteiger partial charge is 0.244 e. The number of amides is 1. The maximum absolute atomic E-state index is 11.8. The molecule has 17 heavy (non-hydrogen) atoms. The summed E-state index contributed by atoms with van der Waals surface area (Å²) in [7, 11) is -2.23. The molecule has 0 fully saturated rings. The standard InChI is InChI=1S/C9H14N4O3S/c1-11-8(14)4-6-13-17(15,16)7-3-2-5-12-9(7)10/h2-3,5,13H,4,6H2,1H3,(H2,10,12)(H,11,14). The lowest BCUT2D eigenvalue weighted by molar-refractivity contribution is -0.120. The molecule has 1 aromatic rings. The van der Waals surface area contributed by atoms with Gasteiger partial charge in [0.1, 0.15) is 10.7 Å². The molecule has 1 rings (SSSR count). The zero-order chi connectivity index (χ0) is 12.9. The number of hydrogen-bond acceptors (Lipinski definition) is 5. The molecule has 0 bridgehead atoms. The second-order valence-corrected chi connectivity index (χ2v) is 4.94. The molecule has 0 aromatic carbocycles. The SMILES string of the molecule is CNC(=O)CCNS(=O)(=O)c1cccnc1N. The molecule has 0 aliphatic rings. The zero-order valence-corrected chi connectivity index (χ0v) is 10.1. The van der Waals surface area contributed by atoms with Gasteiger partial charge in [0, 0.05) is 26.2 Å². The fourth-order valence-corrected chi connectivity index (χ4v) is 2.24. The van der Waals surface area contributed by atoms with Crippen molar-refractivity contribution >= 4 is 21.7 Å². The Bertz CT molecular complexity index is 501. The van der Waals surface area contributed by atoms with Gasteiger partial charge in [-0.3, -0.25) is 4.79 Å². The molecular weight excluding hydrogens is 244 g/mol. The molecule has 1 heterocycles. The predicted octanol–water partition coefficient (Wildman–Crippen LogP) is -0.922. The quantitative estimate of drug-likeness (QED) is 0.632. The highest BCUT2D eigenvalue weighted by Crippen LogP contribution is 2.13. The first-order valence-corrected chi connectivity index (χ1v) is 6.36. The number of nitrogens with zero attached hydrogens (tertiary/aromatic N) is 1. The minimum absolute atomic E-state index is 0.0103. The summed E-state index contributed by atoms with van der Waals surface area (Å²) in [4.78, 5) is 14.5. The first-order chi connectivity index (χ1) is 7.97. The molecule has 1 amide bonds. The van der Waals surface area contributed by atoms with E-state index in [4.69, 9.17) is 5.73 Å². The van der Waals surface area contributed by atoms with E-state index in [1.807, 2.05) is 0 Å². The highest BCUT2D eigenvalue weighted by molar-refractivity contribution is 7.89. The van der Waals surface area contributed by atoms with Gasteiger partial charge in [-0.25, -0.2) is 18.1 Å². The summed E-state index contributed by atoms with van der Waals surface area (Å²) in [6.45, 7) is 0.0103. The van der Waals surface area contributed by atoms with Gasteiger partial charge in [-0.05, 0) is 12.1 Å². The van der Waals surface area contributed by atoms with Crippen LogP contribution in [-0.4, -0.2) is 32.9 Å². The van der Waals surface area contributed by atoms with Crippen LogP contribution in [0.3, 0.4) is 0 Å². The number of nitrogens with two attached hydrogens (primary N) is 1. The van der Waals surface area contributed by atoms with E-state index < -0.39 is 10.0 Å². The Hall–Kier alpha value is -1.67. The maximum atomic E-state index is 11.8. The second-order valence-electron chi connectivity index (χ2n) is 3.21. The third-order valence-electron chi connectivity index (χ3n) is 2.01. The highest BCUT2D eigenvalue weighted by Gasteiger charge is 2.17. The molecule has 0 spiro atoms. The summed E-state index contributed by atoms with van der Waals surface area (Å²) in [5.41, 5.74) is 5.45. The summed E-state index contributed by atoms with van der Waals surface area (Å²) >= 11 is 0. The van der Waals surface area contributed by atoms with E-state index in [2.05, 4.69) is 15.0 Å². The van der Waals surface area contributed by atoms with Crippen molar-refractivity contribution in [2.75, 3.05) is 19.3 Å². The Labute approximate surface area is 99.5 Å². The molecule has 0 aliphatic heterocycles. The van der Waals surface area contributed by atoms with Crippen LogP contribution in [0.5, 0.6) is 0 Å². The van der Waals surface area contributed by atoms with Crippen molar-refractivity contribution in [2.45, 2.75) is 11.3 Å². The van der Waals surface area contributed by atoms with Crippen LogP contribution in [0.1, 0.15) is 6.42 Å². The molecule has 0 aliphatic carbocycles. The lowest BCUT2D eigenvalue weighted by atomic mass is 10.4. The average molecular weight is 258 g/mol. The van der Waals surface area contributed by atoms with E-state index in [-0.39, 0.29) is 29.6 Å². The minimum Gasteiger partial charge on any atom is -0.383 e. The van der Waals surface area contributed by atoms with Crippen LogP contribution >= 0.6 is 0 Å². The fourth-order valence-electron chi connectivity index (χ4n) is 1.13. The van der Waals surface area contributed by atoms with E-state index in [1.165, 1.54) is 25.4 Å². The van der Waals surface area contributed by atoms with Crippen LogP contribution in [0, 0.1) is 0 Å². The van der Waals surface area contributed by atoms with Gasteiger partial charge in [-0.2, -0.15) is 0 Å². The highest BCUT2D eigenvalue weighted by atomic mass is 32.2. The number of aromatic nitrogens is 1. The summed E-state index contributed by atoms with van der Waals surface area (Å²) in [5, 5.41) is 2.39. The van der Waals surface area contributed by atoms with Crippen molar-refractivity contribution in [3.8, 4) is 0 Å². The van der Waals surface area contributed by atoms with Gasteiger partial charge < -0.3 is 11.1 Å². The zero-order valence-electron chi connectivity index (χ0n) is 9.30. The third kappa shape index (κ3) is 3.68. The van der Waals surface area contributed by atoms with Crippen molar-refractivity contribution in [3.05, 3.63) is 18.3 Å². The van der Waals surface area contributed by atoms with Gasteiger partial charge in [0.25, 0.3) is 0 Å². The summed E-state index contributed by atoms with van der Waals surface area (Å²) < 4.78 is 25.8. The van der Waals surface area contributed by atoms with Crippen LogP contribution < -0.4 is 15.8 Å². The number of nitrogen functional groups attached to an aromatic ring is 1. The molecule has 0 saturated heterocycles. The number of sulfonamides is 1. The van der Waals surface area contributed by atoms with E-state index in [9.17, 15) is 13.2 Å². The molecule has 0 saturated carbocycles. The molecule has 7 nitrogen and oxygen atoms in total. The van der Waals surface area contributed by atoms with Crippen LogP contribution in [0.2, 0.25) is 0 Å². The van der Waals surface area contributed by atoms with E-state index >= 15 is 0 Å². The number of rotatable bonds is 5. The Kier molecular flexibility index (Phi) is 4.41. The second kappa shape index (κ2) is 5.60. The van der Waals surface area contributed by atoms with Crippen LogP contribution in [-0.2, 0) is 14.8 Å². The lowest BCUT2D eigenvalue weighted by Gasteiger charge is -2.07. The Morgan fingerprint density at radius 3 is 2.82 bits per heavy atom. The first-order valence-electron chi connectivity index (χ1n) is 4.88. The van der Waals surface area contributed by atoms with Gasteiger partial charge in [-0.1, -0.05) is 0 Å². The van der Waals surface area contributed by atoms with Gasteiger partial charge in [-0.15, -0.1) is 0 Å². The maximum Gasteiger partial charge on any atom is 0.244 e. The Morgan fingerprint density at radius 1 is 1.53 bits per heavy atom. The molecule has 8 heteroatoms. The lowest BCUT2D eigenvalue weighted by Crippen LogP contribution is -2.29. The molecule has 4 N–H and O–H groups in total. The van der Waals surface area contributed by atoms with Crippen molar-refractivity contribution < 1.29 is 13.2 Å².